The first-order valence-electron chi connectivity index (χ1n) is 20.4. The standard InChI is InChI=1S/C49H64O2/c1-34(2)39-25-28-48(33-51-49(35-17-11-8-12-18-35,36-19-13-9-14-20-36)37-21-15-10-16-22-37)30-29-46(6)40(43(39)48)23-24-42-45(5)32-38(50)31-44(3,4)41(45)26-27-47(42,46)7/h8-22,38-43,50H,1,23-33H2,2-7H3/t38?,39-,40?,41?,42?,43?,45-,46+,47+,48+/m0/s1. The molecular formula is C49H64O2. The molecule has 5 aliphatic carbocycles. The zero-order valence-electron chi connectivity index (χ0n) is 32.5. The average molecular weight is 685 g/mol. The first kappa shape index (κ1) is 35.4. The van der Waals surface area contributed by atoms with Crippen molar-refractivity contribution in [1.82, 2.24) is 0 Å². The van der Waals surface area contributed by atoms with E-state index in [1.54, 1.807) is 0 Å². The van der Waals surface area contributed by atoms with Gasteiger partial charge >= 0.3 is 0 Å². The number of allylic oxidation sites excluding steroid dienone is 1. The lowest BCUT2D eigenvalue weighted by atomic mass is 9.32. The van der Waals surface area contributed by atoms with E-state index < -0.39 is 5.60 Å². The van der Waals surface area contributed by atoms with Crippen LogP contribution in [0.1, 0.15) is 122 Å². The minimum Gasteiger partial charge on any atom is -0.393 e. The summed E-state index contributed by atoms with van der Waals surface area (Å²) in [6.45, 7) is 20.7. The number of aliphatic hydroxyl groups is 1. The Morgan fingerprint density at radius 2 is 1.25 bits per heavy atom. The van der Waals surface area contributed by atoms with Crippen molar-refractivity contribution in [2.45, 2.75) is 117 Å². The van der Waals surface area contributed by atoms with E-state index in [1.165, 1.54) is 73.6 Å². The van der Waals surface area contributed by atoms with Crippen LogP contribution in [0.4, 0.5) is 0 Å². The van der Waals surface area contributed by atoms with Gasteiger partial charge in [0.05, 0.1) is 12.7 Å². The molecule has 5 fully saturated rings. The summed E-state index contributed by atoms with van der Waals surface area (Å²) in [7, 11) is 0. The Morgan fingerprint density at radius 1 is 0.686 bits per heavy atom. The summed E-state index contributed by atoms with van der Waals surface area (Å²) in [5, 5.41) is 11.3. The molecule has 2 heteroatoms. The molecule has 0 saturated heterocycles. The van der Waals surface area contributed by atoms with E-state index in [0.717, 1.165) is 19.4 Å². The average Bonchev–Trinajstić information content (AvgIpc) is 3.50. The van der Waals surface area contributed by atoms with E-state index in [1.807, 2.05) is 0 Å². The number of fused-ring (bicyclic) bond motifs is 7. The molecule has 5 unspecified atom stereocenters. The lowest BCUT2D eigenvalue weighted by Crippen LogP contribution is -2.66. The molecule has 10 atom stereocenters. The van der Waals surface area contributed by atoms with Gasteiger partial charge in [0.2, 0.25) is 0 Å². The summed E-state index contributed by atoms with van der Waals surface area (Å²) in [6, 6.07) is 32.9. The second kappa shape index (κ2) is 12.4. The van der Waals surface area contributed by atoms with Crippen molar-refractivity contribution in [2.75, 3.05) is 6.61 Å². The van der Waals surface area contributed by atoms with Gasteiger partial charge in [0.15, 0.2) is 0 Å². The molecule has 0 radical (unpaired) electrons. The smallest absolute Gasteiger partial charge is 0.143 e. The van der Waals surface area contributed by atoms with Crippen LogP contribution >= 0.6 is 0 Å². The molecule has 5 aliphatic rings. The second-order valence-electron chi connectivity index (χ2n) is 19.7. The summed E-state index contributed by atoms with van der Waals surface area (Å²) in [5.74, 6) is 3.13. The van der Waals surface area contributed by atoms with Crippen LogP contribution in [0, 0.1) is 56.7 Å². The first-order valence-corrected chi connectivity index (χ1v) is 20.4. The third-order valence-corrected chi connectivity index (χ3v) is 17.0. The summed E-state index contributed by atoms with van der Waals surface area (Å²) < 4.78 is 7.77. The number of hydrogen-bond donors (Lipinski definition) is 1. The van der Waals surface area contributed by atoms with Crippen molar-refractivity contribution >= 4 is 0 Å². The zero-order valence-corrected chi connectivity index (χ0v) is 32.5. The molecule has 0 bridgehead atoms. The van der Waals surface area contributed by atoms with Gasteiger partial charge in [-0.05, 0) is 144 Å². The molecule has 1 N–H and O–H groups in total. The van der Waals surface area contributed by atoms with Crippen molar-refractivity contribution < 1.29 is 9.84 Å². The second-order valence-corrected chi connectivity index (χ2v) is 19.7. The maximum atomic E-state index is 11.3. The van der Waals surface area contributed by atoms with Gasteiger partial charge < -0.3 is 9.84 Å². The molecule has 2 nitrogen and oxygen atoms in total. The van der Waals surface area contributed by atoms with Crippen LogP contribution in [0.3, 0.4) is 0 Å². The highest BCUT2D eigenvalue weighted by Gasteiger charge is 2.71. The van der Waals surface area contributed by atoms with Gasteiger partial charge in [-0.2, -0.15) is 0 Å². The van der Waals surface area contributed by atoms with Crippen molar-refractivity contribution in [3.8, 4) is 0 Å². The van der Waals surface area contributed by atoms with Crippen LogP contribution < -0.4 is 0 Å². The van der Waals surface area contributed by atoms with Crippen LogP contribution in [-0.4, -0.2) is 17.8 Å². The molecule has 5 saturated carbocycles. The van der Waals surface area contributed by atoms with Crippen molar-refractivity contribution in [1.29, 1.82) is 0 Å². The van der Waals surface area contributed by atoms with Gasteiger partial charge in [-0.25, -0.2) is 0 Å². The monoisotopic (exact) mass is 684 g/mol. The number of aliphatic hydroxyl groups excluding tert-OH is 1. The molecule has 3 aromatic rings. The minimum atomic E-state index is -0.698. The Kier molecular flexibility index (Phi) is 8.63. The lowest BCUT2D eigenvalue weighted by molar-refractivity contribution is -0.249. The molecule has 272 valence electrons. The highest BCUT2D eigenvalue weighted by molar-refractivity contribution is 5.47. The molecule has 0 aliphatic heterocycles. The number of hydrogen-bond acceptors (Lipinski definition) is 2. The number of rotatable bonds is 7. The fourth-order valence-corrected chi connectivity index (χ4v) is 14.8. The molecule has 0 heterocycles. The van der Waals surface area contributed by atoms with E-state index in [-0.39, 0.29) is 33.2 Å². The van der Waals surface area contributed by atoms with Gasteiger partial charge in [-0.15, -0.1) is 0 Å². The third-order valence-electron chi connectivity index (χ3n) is 17.0. The predicted molar refractivity (Wildman–Crippen MR) is 210 cm³/mol. The summed E-state index contributed by atoms with van der Waals surface area (Å²) in [6.07, 6.45) is 11.9. The van der Waals surface area contributed by atoms with Gasteiger partial charge in [-0.3, -0.25) is 0 Å². The van der Waals surface area contributed by atoms with E-state index in [9.17, 15) is 5.11 Å². The van der Waals surface area contributed by atoms with Crippen LogP contribution in [-0.2, 0) is 10.3 Å². The third kappa shape index (κ3) is 5.15. The van der Waals surface area contributed by atoms with E-state index in [4.69, 9.17) is 11.3 Å². The quantitative estimate of drug-likeness (QED) is 0.198. The van der Waals surface area contributed by atoms with Crippen LogP contribution in [0.25, 0.3) is 0 Å². The largest absolute Gasteiger partial charge is 0.393 e. The molecular weight excluding hydrogens is 621 g/mol. The zero-order chi connectivity index (χ0) is 35.9. The fourth-order valence-electron chi connectivity index (χ4n) is 14.8. The molecule has 0 spiro atoms. The van der Waals surface area contributed by atoms with Crippen molar-refractivity contribution in [3.05, 3.63) is 120 Å². The summed E-state index contributed by atoms with van der Waals surface area (Å²) in [4.78, 5) is 0. The SMILES string of the molecule is C=C(C)[C@@H]1CC[C@]2(COC(c3ccccc3)(c3ccccc3)c3ccccc3)CC[C@]3(C)C(CCC4[C@@]5(C)CC(O)CC(C)(C)C5CC[C@]43C)C12. The topological polar surface area (TPSA) is 29.5 Å². The summed E-state index contributed by atoms with van der Waals surface area (Å²) in [5.41, 5.74) is 5.31. The Bertz CT molecular complexity index is 1620. The molecule has 3 aromatic carbocycles. The number of ether oxygens (including phenoxy) is 1. The predicted octanol–water partition coefficient (Wildman–Crippen LogP) is 12.0. The van der Waals surface area contributed by atoms with Crippen LogP contribution in [0.2, 0.25) is 0 Å². The Balaban J connectivity index is 1.19. The fraction of sp³-hybridized carbons (Fsp3) is 0.592. The molecule has 0 aromatic heterocycles. The normalized spacial score (nSPS) is 40.0. The van der Waals surface area contributed by atoms with Gasteiger partial charge in [0.1, 0.15) is 5.60 Å². The van der Waals surface area contributed by atoms with E-state index in [0.29, 0.717) is 29.6 Å². The van der Waals surface area contributed by atoms with Gasteiger partial charge in [0.25, 0.3) is 0 Å². The Hall–Kier alpha value is -2.68. The number of benzene rings is 3. The molecule has 51 heavy (non-hydrogen) atoms. The van der Waals surface area contributed by atoms with Crippen LogP contribution in [0.5, 0.6) is 0 Å². The Morgan fingerprint density at radius 3 is 1.80 bits per heavy atom. The maximum Gasteiger partial charge on any atom is 0.143 e. The lowest BCUT2D eigenvalue weighted by Gasteiger charge is -2.73. The molecule has 8 rings (SSSR count). The highest BCUT2D eigenvalue weighted by atomic mass is 16.5. The minimum absolute atomic E-state index is 0.116. The van der Waals surface area contributed by atoms with Crippen molar-refractivity contribution in [3.63, 3.8) is 0 Å². The van der Waals surface area contributed by atoms with E-state index >= 15 is 0 Å². The summed E-state index contributed by atoms with van der Waals surface area (Å²) >= 11 is 0. The van der Waals surface area contributed by atoms with Crippen LogP contribution in [0.15, 0.2) is 103 Å². The highest BCUT2D eigenvalue weighted by Crippen LogP contribution is 2.77. The Labute approximate surface area is 309 Å². The van der Waals surface area contributed by atoms with Gasteiger partial charge in [-0.1, -0.05) is 138 Å². The van der Waals surface area contributed by atoms with Gasteiger partial charge in [0, 0.05) is 0 Å². The maximum absolute atomic E-state index is 11.3. The van der Waals surface area contributed by atoms with Crippen molar-refractivity contribution in [2.24, 2.45) is 56.7 Å². The molecule has 0 amide bonds. The first-order chi connectivity index (χ1) is 24.3. The van der Waals surface area contributed by atoms with E-state index in [2.05, 4.69) is 133 Å².